The number of allylic oxidation sites excluding steroid dienone is 2. The van der Waals surface area contributed by atoms with E-state index in [1.165, 1.54) is 95.5 Å². The van der Waals surface area contributed by atoms with Gasteiger partial charge in [0.1, 0.15) is 5.60 Å². The van der Waals surface area contributed by atoms with Gasteiger partial charge in [0.25, 0.3) is 0 Å². The number of Topliss-reactive ketones (excluding diaryl/α,β-unsaturated/α-hetero) is 1. The molecular weight excluding hydrogens is 1940 g/mol. The van der Waals surface area contributed by atoms with Crippen molar-refractivity contribution in [3.8, 4) is 0 Å². The van der Waals surface area contributed by atoms with E-state index in [-0.39, 0.29) is 33.4 Å². The van der Waals surface area contributed by atoms with E-state index < -0.39 is 47.9 Å². The fourth-order valence-electron chi connectivity index (χ4n) is 17.9. The maximum atomic E-state index is 12.5. The molecule has 18 aromatic rings. The number of carbonyl (C=O) groups excluding carboxylic acids is 1. The fourth-order valence-corrected chi connectivity index (χ4v) is 46.4. The molecular formula is C128H114CoN8O3P6. The normalized spacial score (nSPS) is 11.8. The zero-order valence-electron chi connectivity index (χ0n) is 82.5. The standard InChI is InChI=1S/3C36H30NP2.C15H24O3.5CN.Co/c3*1-7-19-31(20-8-1)38(32-21-9-2-10-22-32,33-23-11-3-12-24-33)37-39(34-25-13-4-14-26-34,35-27-15-5-16-28-35)36-29-17-6-18-30-36;1-13(2,3)10-8-15(7,18-17)9-11(12(10)16)14(4,5)6;5*1-2;/h3*1-30H;8-9,17H,1-7H3;;;;;;/q3*+1;;5*-1;+2. The van der Waals surface area contributed by atoms with Crippen molar-refractivity contribution in [2.24, 2.45) is 10.8 Å². The van der Waals surface area contributed by atoms with Crippen LogP contribution in [0.5, 0.6) is 0 Å². The topological polar surface area (TPSA) is 208 Å². The van der Waals surface area contributed by atoms with Crippen molar-refractivity contribution in [3.63, 3.8) is 0 Å². The summed E-state index contributed by atoms with van der Waals surface area (Å²) in [5.41, 5.74) is -0.111. The predicted octanol–water partition coefficient (Wildman–Crippen LogP) is 23.5. The van der Waals surface area contributed by atoms with Crippen molar-refractivity contribution in [1.82, 2.24) is 12.5 Å². The zero-order valence-corrected chi connectivity index (χ0v) is 88.9. The van der Waals surface area contributed by atoms with E-state index >= 15 is 0 Å². The van der Waals surface area contributed by atoms with Gasteiger partial charge in [0.05, 0.1) is 95.5 Å². The van der Waals surface area contributed by atoms with Gasteiger partial charge in [-0.05, 0) is 248 Å². The maximum absolute atomic E-state index is 12.5. The third kappa shape index (κ3) is 25.4. The minimum absolute atomic E-state index is 0. The number of rotatable bonds is 19. The molecule has 19 rings (SSSR count). The molecule has 18 aromatic carbocycles. The van der Waals surface area contributed by atoms with Crippen LogP contribution in [0.25, 0.3) is 0 Å². The smallest absolute Gasteiger partial charge is 0.512 e. The summed E-state index contributed by atoms with van der Waals surface area (Å²) in [5.74, 6) is 0.0459. The summed E-state index contributed by atoms with van der Waals surface area (Å²) in [6.45, 7) is 37.4. The number of nitrogens with zero attached hydrogens (tertiary/aromatic N) is 8. The van der Waals surface area contributed by atoms with Crippen LogP contribution in [0.3, 0.4) is 0 Å². The van der Waals surface area contributed by atoms with E-state index in [1.54, 1.807) is 19.1 Å². The predicted molar refractivity (Wildman–Crippen MR) is 614 cm³/mol. The number of ketones is 1. The van der Waals surface area contributed by atoms with E-state index in [9.17, 15) is 4.79 Å². The Hall–Kier alpha value is -15.3. The summed E-state index contributed by atoms with van der Waals surface area (Å²) < 4.78 is 19.1. The number of hydrogen-bond acceptors (Lipinski definition) is 8. The molecule has 0 saturated heterocycles. The molecule has 0 spiro atoms. The SMILES string of the molecule is CC1(OO)C=C(C(C)(C)C)C(=O)C(C(C)(C)C)=C1.[C-]#N.[C-]#N.[C-]#N.[C-]#N.[C-]#N.[Co+2].c1ccc(P(=[N+]=P(c2ccccc2)(c2ccccc2)c2ccccc2)(c2ccccc2)c2ccccc2)cc1.c1ccc(P(=[N+]=P(c2ccccc2)(c2ccccc2)c2ccccc2)(c2ccccc2)c2ccccc2)cc1.c1ccc(P(=[N+]=P(c2ccccc2)(c2ccccc2)c2ccccc2)(c2ccccc2)c2ccccc2)cc1. The third-order valence-corrected chi connectivity index (χ3v) is 49.6. The average molecular weight is 2060 g/mol. The van der Waals surface area contributed by atoms with Crippen LogP contribution in [-0.4, -0.2) is 16.6 Å². The Morgan fingerprint density at radius 2 is 0.281 bits per heavy atom. The van der Waals surface area contributed by atoms with Crippen molar-refractivity contribution in [3.05, 3.63) is 602 Å². The van der Waals surface area contributed by atoms with Gasteiger partial charge in [-0.15, -0.1) is 12.5 Å². The molecule has 1 N–H and O–H groups in total. The molecule has 11 nitrogen and oxygen atoms in total. The fraction of sp³-hybridized carbons (Fsp3) is 0.0781. The molecule has 0 amide bonds. The third-order valence-electron chi connectivity index (χ3n) is 24.3. The van der Waals surface area contributed by atoms with Gasteiger partial charge in [0.15, 0.2) is 5.78 Å². The van der Waals surface area contributed by atoms with Crippen LogP contribution >= 0.6 is 42.3 Å². The minimum atomic E-state index is -2.50. The molecule has 0 heterocycles. The van der Waals surface area contributed by atoms with Gasteiger partial charge < -0.3 is 59.2 Å². The van der Waals surface area contributed by atoms with Crippen LogP contribution < -0.4 is 108 Å². The molecule has 0 aliphatic heterocycles. The first kappa shape index (κ1) is 113. The summed E-state index contributed by atoms with van der Waals surface area (Å²) in [6.07, 6.45) is 3.43. The van der Waals surface area contributed by atoms with Crippen molar-refractivity contribution in [1.29, 1.82) is 26.3 Å². The van der Waals surface area contributed by atoms with Crippen LogP contribution in [0.15, 0.2) is 569 Å². The molecule has 0 unspecified atom stereocenters. The second-order valence-corrected chi connectivity index (χ2v) is 54.4. The number of hydrogen-bond donors (Lipinski definition) is 1. The van der Waals surface area contributed by atoms with Gasteiger partial charge in [-0.1, -0.05) is 369 Å². The van der Waals surface area contributed by atoms with Gasteiger partial charge in [0, 0.05) is 11.1 Å². The van der Waals surface area contributed by atoms with E-state index in [1.807, 2.05) is 41.5 Å². The Kier molecular flexibility index (Phi) is 42.4. The zero-order chi connectivity index (χ0) is 104. The van der Waals surface area contributed by atoms with E-state index in [0.717, 1.165) is 0 Å². The first-order chi connectivity index (χ1) is 70.9. The summed E-state index contributed by atoms with van der Waals surface area (Å²) in [7, 11) is -15.0. The molecule has 1 aliphatic carbocycles. The molecule has 0 fully saturated rings. The quantitative estimate of drug-likeness (QED) is 0.0270. The van der Waals surface area contributed by atoms with Crippen LogP contribution in [0.2, 0.25) is 0 Å². The molecule has 0 atom stereocenters. The van der Waals surface area contributed by atoms with Crippen LogP contribution in [0.1, 0.15) is 48.5 Å². The minimum Gasteiger partial charge on any atom is -0.512 e. The summed E-state index contributed by atoms with van der Waals surface area (Å²) >= 11 is 0. The van der Waals surface area contributed by atoms with Crippen molar-refractivity contribution in [2.75, 3.05) is 0 Å². The first-order valence-corrected chi connectivity index (χ1v) is 57.4. The Balaban J connectivity index is 0.000000199. The monoisotopic (exact) mass is 2060 g/mol. The second kappa shape index (κ2) is 55.0. The van der Waals surface area contributed by atoms with E-state index in [2.05, 4.69) is 551 Å². The molecule has 723 valence electrons. The number of benzene rings is 18. The Bertz CT molecular complexity index is 5990. The molecule has 1 radical (unpaired) electrons. The first-order valence-electron chi connectivity index (χ1n) is 47.0. The largest absolute Gasteiger partial charge is 2.00 e. The Labute approximate surface area is 874 Å². The average Bonchev–Trinajstić information content (AvgIpc) is 0.724. The Morgan fingerprint density at radius 3 is 0.349 bits per heavy atom. The van der Waals surface area contributed by atoms with Crippen molar-refractivity contribution >= 4 is 144 Å². The summed E-state index contributed by atoms with van der Waals surface area (Å²) in [6, 6.07) is 197. The van der Waals surface area contributed by atoms with E-state index in [4.69, 9.17) is 76.9 Å². The molecule has 146 heavy (non-hydrogen) atoms. The molecule has 18 heteroatoms. The van der Waals surface area contributed by atoms with Crippen molar-refractivity contribution in [2.45, 2.75) is 54.1 Å². The second-order valence-electron chi connectivity index (χ2n) is 35.3. The Morgan fingerprint density at radius 1 is 0.199 bits per heavy atom. The molecule has 0 saturated carbocycles. The van der Waals surface area contributed by atoms with Gasteiger partial charge in [-0.3, -0.25) is 10.1 Å². The summed E-state index contributed by atoms with van der Waals surface area (Å²) in [5, 5.41) is 63.0. The maximum Gasteiger partial charge on any atom is 2.00 e. The molecule has 0 aromatic heterocycles. The van der Waals surface area contributed by atoms with Gasteiger partial charge >= 0.3 is 59.1 Å². The molecule has 0 bridgehead atoms. The van der Waals surface area contributed by atoms with Gasteiger partial charge in [-0.2, -0.15) is 0 Å². The number of carbonyl (C=O) groups is 1. The summed E-state index contributed by atoms with van der Waals surface area (Å²) in [4.78, 5) is 17.1. The van der Waals surface area contributed by atoms with Crippen molar-refractivity contribution < 1.29 is 31.7 Å². The van der Waals surface area contributed by atoms with Crippen LogP contribution in [0.4, 0.5) is 0 Å². The molecule has 1 aliphatic rings. The van der Waals surface area contributed by atoms with E-state index in [0.29, 0.717) is 11.1 Å². The van der Waals surface area contributed by atoms with Gasteiger partial charge in [-0.25, -0.2) is 4.89 Å². The van der Waals surface area contributed by atoms with Crippen LogP contribution in [0, 0.1) is 70.0 Å². The van der Waals surface area contributed by atoms with Gasteiger partial charge in [0.2, 0.25) is 0 Å². The van der Waals surface area contributed by atoms with Crippen LogP contribution in [-0.2, 0) is 26.5 Å².